The van der Waals surface area contributed by atoms with Crippen LogP contribution in [0.25, 0.3) is 11.3 Å². The highest BCUT2D eigenvalue weighted by molar-refractivity contribution is 7.97. The summed E-state index contributed by atoms with van der Waals surface area (Å²) in [6.45, 7) is 6.14. The Balaban J connectivity index is 1.93. The summed E-state index contributed by atoms with van der Waals surface area (Å²) in [5, 5.41) is 2.32. The Morgan fingerprint density at radius 3 is 2.54 bits per heavy atom. The van der Waals surface area contributed by atoms with Crippen LogP contribution in [0.1, 0.15) is 29.3 Å². The third kappa shape index (κ3) is 5.04. The summed E-state index contributed by atoms with van der Waals surface area (Å²) in [5.41, 5.74) is 4.64. The van der Waals surface area contributed by atoms with Gasteiger partial charge in [-0.3, -0.25) is 0 Å². The van der Waals surface area contributed by atoms with Crippen molar-refractivity contribution < 1.29 is 0 Å². The Kier molecular flexibility index (Phi) is 7.69. The molecule has 0 fully saturated rings. The van der Waals surface area contributed by atoms with Gasteiger partial charge in [-0.05, 0) is 48.9 Å². The maximum absolute atomic E-state index is 6.44. The van der Waals surface area contributed by atoms with E-state index in [1.165, 1.54) is 11.1 Å². The number of halogens is 2. The van der Waals surface area contributed by atoms with Crippen molar-refractivity contribution in [3.05, 3.63) is 68.5 Å². The average molecular weight is 451 g/mol. The molecule has 0 N–H and O–H groups in total. The molecular weight excluding hydrogens is 427 g/mol. The summed E-state index contributed by atoms with van der Waals surface area (Å²) >= 11 is 16.1. The second kappa shape index (κ2) is 10.0. The van der Waals surface area contributed by atoms with Gasteiger partial charge in [-0.15, -0.1) is 11.3 Å². The van der Waals surface area contributed by atoms with Crippen LogP contribution in [0.4, 0.5) is 5.13 Å². The van der Waals surface area contributed by atoms with Crippen molar-refractivity contribution in [2.45, 2.75) is 32.6 Å². The van der Waals surface area contributed by atoms with Crippen molar-refractivity contribution >= 4 is 51.4 Å². The summed E-state index contributed by atoms with van der Waals surface area (Å²) in [4.78, 5) is 8.52. The molecule has 6 heteroatoms. The molecule has 3 aromatic rings. The maximum Gasteiger partial charge on any atom is 0.186 e. The van der Waals surface area contributed by atoms with Crippen molar-refractivity contribution in [2.24, 2.45) is 0 Å². The smallest absolute Gasteiger partial charge is 0.186 e. The maximum atomic E-state index is 6.44. The molecule has 0 unspecified atom stereocenters. The largest absolute Gasteiger partial charge is 0.344 e. The van der Waals surface area contributed by atoms with Gasteiger partial charge in [0, 0.05) is 34.3 Å². The van der Waals surface area contributed by atoms with Gasteiger partial charge in [0.2, 0.25) is 0 Å². The molecule has 0 bridgehead atoms. The first-order valence-electron chi connectivity index (χ1n) is 9.27. The van der Waals surface area contributed by atoms with Crippen LogP contribution < -0.4 is 4.90 Å². The predicted molar refractivity (Wildman–Crippen MR) is 127 cm³/mol. The lowest BCUT2D eigenvalue weighted by molar-refractivity contribution is 0.761. The van der Waals surface area contributed by atoms with Gasteiger partial charge in [0.15, 0.2) is 5.13 Å². The van der Waals surface area contributed by atoms with E-state index in [1.807, 2.05) is 23.9 Å². The molecule has 0 spiro atoms. The molecule has 0 aliphatic heterocycles. The zero-order valence-electron chi connectivity index (χ0n) is 16.3. The second-order valence-corrected chi connectivity index (χ2v) is 9.54. The lowest BCUT2D eigenvalue weighted by atomic mass is 10.1. The zero-order chi connectivity index (χ0) is 20.1. The fourth-order valence-corrected chi connectivity index (χ4v) is 5.21. The number of nitrogens with zero attached hydrogens (tertiary/aromatic N) is 2. The van der Waals surface area contributed by atoms with Crippen molar-refractivity contribution in [1.29, 1.82) is 0 Å². The van der Waals surface area contributed by atoms with Crippen LogP contribution in [-0.4, -0.2) is 17.8 Å². The second-order valence-electron chi connectivity index (χ2n) is 6.65. The molecule has 2 aromatic carbocycles. The van der Waals surface area contributed by atoms with Gasteiger partial charge in [0.05, 0.1) is 10.7 Å². The highest BCUT2D eigenvalue weighted by Gasteiger charge is 2.18. The van der Waals surface area contributed by atoms with E-state index in [4.69, 9.17) is 28.2 Å². The molecule has 0 aliphatic carbocycles. The first kappa shape index (κ1) is 21.5. The molecular formula is C22H24Cl2N2S2. The summed E-state index contributed by atoms with van der Waals surface area (Å²) in [6, 6.07) is 14.3. The summed E-state index contributed by atoms with van der Waals surface area (Å²) in [6.07, 6.45) is 3.22. The average Bonchev–Trinajstić information content (AvgIpc) is 3.04. The highest BCUT2D eigenvalue weighted by atomic mass is 35.5. The van der Waals surface area contributed by atoms with Crippen molar-refractivity contribution in [3.63, 3.8) is 0 Å². The minimum atomic E-state index is 0.639. The SMILES string of the molecule is CCCN(Cc1ccccc1CSC)c1nc(-c2ccc(Cl)cc2Cl)c(C)s1. The van der Waals surface area contributed by atoms with E-state index in [0.29, 0.717) is 10.0 Å². The molecule has 28 heavy (non-hydrogen) atoms. The number of thiazole rings is 1. The minimum absolute atomic E-state index is 0.639. The van der Waals surface area contributed by atoms with Gasteiger partial charge in [-0.25, -0.2) is 4.98 Å². The van der Waals surface area contributed by atoms with Gasteiger partial charge in [-0.2, -0.15) is 11.8 Å². The van der Waals surface area contributed by atoms with Crippen LogP contribution in [0.15, 0.2) is 42.5 Å². The van der Waals surface area contributed by atoms with Crippen LogP contribution >= 0.6 is 46.3 Å². The molecule has 0 atom stereocenters. The molecule has 148 valence electrons. The Morgan fingerprint density at radius 1 is 1.11 bits per heavy atom. The Labute approximate surface area is 185 Å². The number of aryl methyl sites for hydroxylation is 1. The van der Waals surface area contributed by atoms with E-state index in [1.54, 1.807) is 17.4 Å². The lowest BCUT2D eigenvalue weighted by Gasteiger charge is -2.22. The van der Waals surface area contributed by atoms with Crippen LogP contribution in [0, 0.1) is 6.92 Å². The standard InChI is InChI=1S/C22H24Cl2N2S2/c1-4-11-26(13-16-7-5-6-8-17(16)14-27-3)22-25-21(15(2)28-22)19-10-9-18(23)12-20(19)24/h5-10,12H,4,11,13-14H2,1-3H3. The van der Waals surface area contributed by atoms with E-state index < -0.39 is 0 Å². The molecule has 1 aromatic heterocycles. The van der Waals surface area contributed by atoms with E-state index >= 15 is 0 Å². The molecule has 3 rings (SSSR count). The number of thioether (sulfide) groups is 1. The zero-order valence-corrected chi connectivity index (χ0v) is 19.5. The number of rotatable bonds is 8. The Hall–Kier alpha value is -1.20. The van der Waals surface area contributed by atoms with Gasteiger partial charge in [-0.1, -0.05) is 54.4 Å². The van der Waals surface area contributed by atoms with E-state index in [-0.39, 0.29) is 0 Å². The van der Waals surface area contributed by atoms with Crippen molar-refractivity contribution in [3.8, 4) is 11.3 Å². The van der Waals surface area contributed by atoms with Crippen LogP contribution in [0.3, 0.4) is 0 Å². The van der Waals surface area contributed by atoms with E-state index in [0.717, 1.165) is 46.5 Å². The minimum Gasteiger partial charge on any atom is -0.344 e. The Bertz CT molecular complexity index is 940. The van der Waals surface area contributed by atoms with Gasteiger partial charge < -0.3 is 4.90 Å². The van der Waals surface area contributed by atoms with Crippen molar-refractivity contribution in [2.75, 3.05) is 17.7 Å². The van der Waals surface area contributed by atoms with Crippen LogP contribution in [0.5, 0.6) is 0 Å². The summed E-state index contributed by atoms with van der Waals surface area (Å²) < 4.78 is 0. The fourth-order valence-electron chi connectivity index (χ4n) is 3.18. The molecule has 0 saturated heterocycles. The van der Waals surface area contributed by atoms with Crippen LogP contribution in [0.2, 0.25) is 10.0 Å². The fraction of sp³-hybridized carbons (Fsp3) is 0.318. The summed E-state index contributed by atoms with van der Waals surface area (Å²) in [7, 11) is 0. The van der Waals surface area contributed by atoms with Gasteiger partial charge in [0.1, 0.15) is 0 Å². The third-order valence-electron chi connectivity index (χ3n) is 4.52. The molecule has 0 aliphatic rings. The first-order valence-corrected chi connectivity index (χ1v) is 12.2. The van der Waals surface area contributed by atoms with Gasteiger partial charge in [0.25, 0.3) is 0 Å². The highest BCUT2D eigenvalue weighted by Crippen LogP contribution is 2.37. The molecule has 0 saturated carbocycles. The quantitative estimate of drug-likeness (QED) is 0.349. The monoisotopic (exact) mass is 450 g/mol. The predicted octanol–water partition coefficient (Wildman–Crippen LogP) is 7.70. The Morgan fingerprint density at radius 2 is 1.86 bits per heavy atom. The third-order valence-corrected chi connectivity index (χ3v) is 6.69. The topological polar surface area (TPSA) is 16.1 Å². The van der Waals surface area contributed by atoms with Crippen molar-refractivity contribution in [1.82, 2.24) is 4.98 Å². The van der Waals surface area contributed by atoms with E-state index in [9.17, 15) is 0 Å². The number of hydrogen-bond donors (Lipinski definition) is 0. The molecule has 0 radical (unpaired) electrons. The number of aromatic nitrogens is 1. The molecule has 1 heterocycles. The molecule has 0 amide bonds. The van der Waals surface area contributed by atoms with Crippen LogP contribution in [-0.2, 0) is 12.3 Å². The first-order chi connectivity index (χ1) is 13.5. The summed E-state index contributed by atoms with van der Waals surface area (Å²) in [5.74, 6) is 1.03. The lowest BCUT2D eigenvalue weighted by Crippen LogP contribution is -2.24. The van der Waals surface area contributed by atoms with E-state index in [2.05, 4.69) is 49.3 Å². The van der Waals surface area contributed by atoms with Gasteiger partial charge >= 0.3 is 0 Å². The normalized spacial score (nSPS) is 11.0. The number of anilines is 1. The molecule has 2 nitrogen and oxygen atoms in total. The number of benzene rings is 2. The number of hydrogen-bond acceptors (Lipinski definition) is 4.